The van der Waals surface area contributed by atoms with Crippen LogP contribution in [0.15, 0.2) is 42.7 Å². The summed E-state index contributed by atoms with van der Waals surface area (Å²) in [5, 5.41) is 21.3. The molecule has 0 saturated carbocycles. The molecule has 2 rings (SSSR count). The zero-order chi connectivity index (χ0) is 13.0. The van der Waals surface area contributed by atoms with Crippen molar-refractivity contribution in [3.63, 3.8) is 0 Å². The van der Waals surface area contributed by atoms with Crippen LogP contribution in [0.2, 0.25) is 0 Å². The number of amides is 1. The lowest BCUT2D eigenvalue weighted by Gasteiger charge is -2.07. The molecule has 2 aromatic rings. The fourth-order valence-corrected chi connectivity index (χ4v) is 1.65. The summed E-state index contributed by atoms with van der Waals surface area (Å²) in [5.74, 6) is -0.593. The molecule has 0 aliphatic carbocycles. The van der Waals surface area contributed by atoms with Crippen molar-refractivity contribution in [2.75, 3.05) is 6.54 Å². The Morgan fingerprint density at radius 2 is 1.72 bits per heavy atom. The lowest BCUT2D eigenvalue weighted by Crippen LogP contribution is -2.26. The van der Waals surface area contributed by atoms with Gasteiger partial charge in [0.1, 0.15) is 11.5 Å². The molecule has 1 amide bonds. The summed E-state index contributed by atoms with van der Waals surface area (Å²) in [4.78, 5) is 11.7. The molecule has 0 aliphatic heterocycles. The lowest BCUT2D eigenvalue weighted by molar-refractivity contribution is 0.0951. The molecule has 1 aromatic carbocycles. The Morgan fingerprint density at radius 3 is 2.33 bits per heavy atom. The van der Waals surface area contributed by atoms with Gasteiger partial charge in [0.2, 0.25) is 0 Å². The van der Waals surface area contributed by atoms with Gasteiger partial charge < -0.3 is 20.1 Å². The number of aromatic hydroxyl groups is 2. The second-order valence-corrected chi connectivity index (χ2v) is 3.91. The number of hydrogen-bond acceptors (Lipinski definition) is 3. The van der Waals surface area contributed by atoms with Gasteiger partial charge in [0, 0.05) is 37.1 Å². The molecule has 0 fully saturated rings. The van der Waals surface area contributed by atoms with E-state index in [1.54, 1.807) is 0 Å². The maximum Gasteiger partial charge on any atom is 0.251 e. The number of benzene rings is 1. The summed E-state index contributed by atoms with van der Waals surface area (Å²) in [5.41, 5.74) is 0.236. The van der Waals surface area contributed by atoms with Gasteiger partial charge >= 0.3 is 0 Å². The molecule has 0 spiro atoms. The molecule has 0 unspecified atom stereocenters. The van der Waals surface area contributed by atoms with Crippen LogP contribution in [0.25, 0.3) is 0 Å². The summed E-state index contributed by atoms with van der Waals surface area (Å²) in [7, 11) is 0. The van der Waals surface area contributed by atoms with Crippen molar-refractivity contribution in [2.45, 2.75) is 6.54 Å². The van der Waals surface area contributed by atoms with E-state index in [1.165, 1.54) is 18.2 Å². The number of rotatable bonds is 4. The second-order valence-electron chi connectivity index (χ2n) is 3.91. The fourth-order valence-electron chi connectivity index (χ4n) is 1.65. The summed E-state index contributed by atoms with van der Waals surface area (Å²) in [6.45, 7) is 1.15. The standard InChI is InChI=1S/C13H14N2O3/c16-11-7-10(8-12(17)9-11)13(18)14-3-6-15-4-1-2-5-15/h1-2,4-5,7-9,16-17H,3,6H2,(H,14,18). The van der Waals surface area contributed by atoms with Gasteiger partial charge in [-0.15, -0.1) is 0 Å². The van der Waals surface area contributed by atoms with Crippen LogP contribution in [0.4, 0.5) is 0 Å². The van der Waals surface area contributed by atoms with E-state index >= 15 is 0 Å². The molecule has 3 N–H and O–H groups in total. The average molecular weight is 246 g/mol. The molecule has 94 valence electrons. The topological polar surface area (TPSA) is 74.5 Å². The van der Waals surface area contributed by atoms with Crippen LogP contribution in [0.5, 0.6) is 11.5 Å². The van der Waals surface area contributed by atoms with E-state index in [2.05, 4.69) is 5.32 Å². The van der Waals surface area contributed by atoms with Gasteiger partial charge in [0.05, 0.1) is 0 Å². The highest BCUT2D eigenvalue weighted by Crippen LogP contribution is 2.20. The van der Waals surface area contributed by atoms with Gasteiger partial charge in [-0.3, -0.25) is 4.79 Å². The molecule has 0 saturated heterocycles. The highest BCUT2D eigenvalue weighted by Gasteiger charge is 2.07. The Hall–Kier alpha value is -2.43. The zero-order valence-corrected chi connectivity index (χ0v) is 9.71. The number of aromatic nitrogens is 1. The summed E-state index contributed by atoms with van der Waals surface area (Å²) in [6.07, 6.45) is 3.82. The van der Waals surface area contributed by atoms with Crippen molar-refractivity contribution in [1.82, 2.24) is 9.88 Å². The predicted octanol–water partition coefficient (Wildman–Crippen LogP) is 1.33. The molecule has 0 aliphatic rings. The minimum Gasteiger partial charge on any atom is -0.508 e. The van der Waals surface area contributed by atoms with Crippen molar-refractivity contribution in [3.8, 4) is 11.5 Å². The maximum absolute atomic E-state index is 11.7. The van der Waals surface area contributed by atoms with Crippen LogP contribution in [0.3, 0.4) is 0 Å². The molecule has 1 aromatic heterocycles. The minimum atomic E-state index is -0.326. The summed E-state index contributed by atoms with van der Waals surface area (Å²) < 4.78 is 1.94. The van der Waals surface area contributed by atoms with E-state index in [4.69, 9.17) is 0 Å². The summed E-state index contributed by atoms with van der Waals surface area (Å²) in [6, 6.07) is 7.62. The van der Waals surface area contributed by atoms with Crippen LogP contribution >= 0.6 is 0 Å². The molecular formula is C13H14N2O3. The first-order chi connectivity index (χ1) is 8.65. The largest absolute Gasteiger partial charge is 0.508 e. The number of carbonyl (C=O) groups excluding carboxylic acids is 1. The molecule has 5 nitrogen and oxygen atoms in total. The van der Waals surface area contributed by atoms with Crippen LogP contribution in [-0.2, 0) is 6.54 Å². The first-order valence-corrected chi connectivity index (χ1v) is 5.57. The quantitative estimate of drug-likeness (QED) is 0.761. The predicted molar refractivity (Wildman–Crippen MR) is 66.5 cm³/mol. The minimum absolute atomic E-state index is 0.134. The third-order valence-corrected chi connectivity index (χ3v) is 2.49. The van der Waals surface area contributed by atoms with E-state index in [0.717, 1.165) is 0 Å². The van der Waals surface area contributed by atoms with Gasteiger partial charge in [0.25, 0.3) is 5.91 Å². The summed E-state index contributed by atoms with van der Waals surface area (Å²) >= 11 is 0. The van der Waals surface area contributed by atoms with Gasteiger partial charge in [-0.2, -0.15) is 0 Å². The number of hydrogen-bond donors (Lipinski definition) is 3. The van der Waals surface area contributed by atoms with E-state index in [0.29, 0.717) is 13.1 Å². The van der Waals surface area contributed by atoms with E-state index < -0.39 is 0 Å². The van der Waals surface area contributed by atoms with Crippen LogP contribution in [-0.4, -0.2) is 27.2 Å². The van der Waals surface area contributed by atoms with Crippen LogP contribution < -0.4 is 5.32 Å². The van der Waals surface area contributed by atoms with Gasteiger partial charge in [0.15, 0.2) is 0 Å². The SMILES string of the molecule is O=C(NCCn1cccc1)c1cc(O)cc(O)c1. The molecule has 0 bridgehead atoms. The highest BCUT2D eigenvalue weighted by atomic mass is 16.3. The fraction of sp³-hybridized carbons (Fsp3) is 0.154. The van der Waals surface area contributed by atoms with Crippen molar-refractivity contribution >= 4 is 5.91 Å². The third-order valence-electron chi connectivity index (χ3n) is 2.49. The van der Waals surface area contributed by atoms with Gasteiger partial charge in [-0.25, -0.2) is 0 Å². The molecule has 0 radical (unpaired) electrons. The van der Waals surface area contributed by atoms with Crippen molar-refractivity contribution in [2.24, 2.45) is 0 Å². The highest BCUT2D eigenvalue weighted by molar-refractivity contribution is 5.94. The zero-order valence-electron chi connectivity index (χ0n) is 9.71. The Labute approximate surface area is 104 Å². The van der Waals surface area contributed by atoms with Gasteiger partial charge in [-0.1, -0.05) is 0 Å². The average Bonchev–Trinajstić information content (AvgIpc) is 2.80. The normalized spacial score (nSPS) is 10.2. The van der Waals surface area contributed by atoms with Crippen molar-refractivity contribution in [3.05, 3.63) is 48.3 Å². The molecule has 0 atom stereocenters. The van der Waals surface area contributed by atoms with Crippen molar-refractivity contribution < 1.29 is 15.0 Å². The number of phenolic OH excluding ortho intramolecular Hbond substituents is 2. The number of nitrogens with zero attached hydrogens (tertiary/aromatic N) is 1. The molecule has 18 heavy (non-hydrogen) atoms. The Morgan fingerprint density at radius 1 is 1.11 bits per heavy atom. The molecule has 5 heteroatoms. The first-order valence-electron chi connectivity index (χ1n) is 5.57. The van der Waals surface area contributed by atoms with Crippen LogP contribution in [0, 0.1) is 0 Å². The Balaban J connectivity index is 1.91. The number of phenols is 2. The number of nitrogens with one attached hydrogen (secondary N) is 1. The first kappa shape index (κ1) is 12.0. The Bertz CT molecular complexity index is 515. The van der Waals surface area contributed by atoms with Crippen molar-refractivity contribution in [1.29, 1.82) is 0 Å². The van der Waals surface area contributed by atoms with Gasteiger partial charge in [-0.05, 0) is 24.3 Å². The van der Waals surface area contributed by atoms with E-state index in [9.17, 15) is 15.0 Å². The lowest BCUT2D eigenvalue weighted by atomic mass is 10.2. The monoisotopic (exact) mass is 246 g/mol. The van der Waals surface area contributed by atoms with Crippen LogP contribution in [0.1, 0.15) is 10.4 Å². The maximum atomic E-state index is 11.7. The number of carbonyl (C=O) groups is 1. The third kappa shape index (κ3) is 3.04. The van der Waals surface area contributed by atoms with E-state index in [-0.39, 0.29) is 23.0 Å². The smallest absolute Gasteiger partial charge is 0.251 e. The van der Waals surface area contributed by atoms with E-state index in [1.807, 2.05) is 29.1 Å². The molecule has 1 heterocycles. The second kappa shape index (κ2) is 5.27. The molecular weight excluding hydrogens is 232 g/mol. The Kier molecular flexibility index (Phi) is 3.52.